The van der Waals surface area contributed by atoms with Crippen molar-refractivity contribution in [3.63, 3.8) is 0 Å². The van der Waals surface area contributed by atoms with Gasteiger partial charge in [-0.1, -0.05) is 19.8 Å². The molecule has 19 heavy (non-hydrogen) atoms. The molecule has 0 saturated heterocycles. The van der Waals surface area contributed by atoms with Crippen molar-refractivity contribution < 1.29 is 5.11 Å². The smallest absolute Gasteiger partial charge is 0.0624 e. The Balaban J connectivity index is 2.24. The van der Waals surface area contributed by atoms with Gasteiger partial charge < -0.3 is 10.8 Å². The van der Waals surface area contributed by atoms with Gasteiger partial charge >= 0.3 is 0 Å². The van der Waals surface area contributed by atoms with Gasteiger partial charge in [-0.3, -0.25) is 4.68 Å². The molecule has 1 aromatic heterocycles. The van der Waals surface area contributed by atoms with Crippen molar-refractivity contribution >= 4 is 0 Å². The van der Waals surface area contributed by atoms with E-state index in [9.17, 15) is 5.11 Å². The van der Waals surface area contributed by atoms with Gasteiger partial charge in [-0.25, -0.2) is 0 Å². The minimum atomic E-state index is -0.267. The topological polar surface area (TPSA) is 64.1 Å². The van der Waals surface area contributed by atoms with Gasteiger partial charge in [-0.05, 0) is 38.7 Å². The van der Waals surface area contributed by atoms with Crippen LogP contribution in [-0.4, -0.2) is 27.5 Å². The van der Waals surface area contributed by atoms with Gasteiger partial charge in [0.2, 0.25) is 0 Å². The molecule has 4 heteroatoms. The van der Waals surface area contributed by atoms with E-state index < -0.39 is 0 Å². The minimum Gasteiger partial charge on any atom is -0.392 e. The number of aliphatic hydroxyl groups is 1. The second-order valence-electron chi connectivity index (χ2n) is 5.80. The van der Waals surface area contributed by atoms with Crippen LogP contribution in [0.15, 0.2) is 6.07 Å². The molecule has 1 aromatic rings. The molecule has 1 aliphatic carbocycles. The van der Waals surface area contributed by atoms with Crippen molar-refractivity contribution in [2.45, 2.75) is 65.0 Å². The number of hydrogen-bond donors (Lipinski definition) is 2. The first-order valence-electron chi connectivity index (χ1n) is 7.59. The zero-order valence-electron chi connectivity index (χ0n) is 12.2. The van der Waals surface area contributed by atoms with Gasteiger partial charge in [0.15, 0.2) is 0 Å². The molecule has 0 aromatic carbocycles. The molecular formula is C15H27N3O. The van der Waals surface area contributed by atoms with Gasteiger partial charge in [0.05, 0.1) is 11.8 Å². The lowest BCUT2D eigenvalue weighted by Gasteiger charge is -2.40. The summed E-state index contributed by atoms with van der Waals surface area (Å²) < 4.78 is 2.07. The lowest BCUT2D eigenvalue weighted by Crippen LogP contribution is -2.46. The maximum atomic E-state index is 10.4. The van der Waals surface area contributed by atoms with Crippen LogP contribution < -0.4 is 5.73 Å². The van der Waals surface area contributed by atoms with Crippen LogP contribution in [0.3, 0.4) is 0 Å². The average Bonchev–Trinajstić information content (AvgIpc) is 2.83. The molecule has 0 spiro atoms. The van der Waals surface area contributed by atoms with Gasteiger partial charge in [0.25, 0.3) is 0 Å². The molecule has 1 saturated carbocycles. The quantitative estimate of drug-likeness (QED) is 0.854. The standard InChI is InChI=1S/C15H27N3O/c1-3-12-9-13(18(4-2)17-12)10-15(11-16)8-6-5-7-14(15)19/h9,14,19H,3-8,10-11,16H2,1-2H3. The molecule has 2 rings (SSSR count). The Labute approximate surface area is 116 Å². The second kappa shape index (κ2) is 6.06. The number of aliphatic hydroxyl groups excluding tert-OH is 1. The maximum Gasteiger partial charge on any atom is 0.0624 e. The molecule has 0 radical (unpaired) electrons. The summed E-state index contributed by atoms with van der Waals surface area (Å²) >= 11 is 0. The molecule has 1 heterocycles. The van der Waals surface area contributed by atoms with Crippen molar-refractivity contribution in [2.75, 3.05) is 6.54 Å². The Morgan fingerprint density at radius 2 is 2.26 bits per heavy atom. The Bertz CT molecular complexity index is 416. The van der Waals surface area contributed by atoms with Gasteiger partial charge in [-0.15, -0.1) is 0 Å². The molecule has 4 nitrogen and oxygen atoms in total. The van der Waals surface area contributed by atoms with Crippen molar-refractivity contribution in [2.24, 2.45) is 11.1 Å². The normalized spacial score (nSPS) is 27.7. The number of aryl methyl sites for hydroxylation is 2. The number of nitrogens with two attached hydrogens (primary N) is 1. The number of nitrogens with zero attached hydrogens (tertiary/aromatic N) is 2. The molecule has 0 amide bonds. The van der Waals surface area contributed by atoms with Crippen molar-refractivity contribution in [3.05, 3.63) is 17.5 Å². The summed E-state index contributed by atoms with van der Waals surface area (Å²) in [6.07, 6.45) is 5.75. The Morgan fingerprint density at radius 3 is 2.84 bits per heavy atom. The van der Waals surface area contributed by atoms with E-state index in [1.54, 1.807) is 0 Å². The molecule has 3 N–H and O–H groups in total. The van der Waals surface area contributed by atoms with E-state index in [0.29, 0.717) is 6.54 Å². The third kappa shape index (κ3) is 2.84. The van der Waals surface area contributed by atoms with E-state index in [4.69, 9.17) is 5.73 Å². The number of hydrogen-bond acceptors (Lipinski definition) is 3. The van der Waals surface area contributed by atoms with Crippen LogP contribution in [0.2, 0.25) is 0 Å². The largest absolute Gasteiger partial charge is 0.392 e. The summed E-state index contributed by atoms with van der Waals surface area (Å²) in [5.41, 5.74) is 8.24. The summed E-state index contributed by atoms with van der Waals surface area (Å²) in [5.74, 6) is 0. The van der Waals surface area contributed by atoms with E-state index in [0.717, 1.165) is 44.3 Å². The van der Waals surface area contributed by atoms with Crippen molar-refractivity contribution in [3.8, 4) is 0 Å². The molecule has 2 atom stereocenters. The predicted octanol–water partition coefficient (Wildman–Crippen LogP) is 1.89. The third-order valence-corrected chi connectivity index (χ3v) is 4.62. The minimum absolute atomic E-state index is 0.143. The van der Waals surface area contributed by atoms with E-state index >= 15 is 0 Å². The summed E-state index contributed by atoms with van der Waals surface area (Å²) in [6, 6.07) is 2.18. The van der Waals surface area contributed by atoms with Gasteiger partial charge in [0.1, 0.15) is 0 Å². The van der Waals surface area contributed by atoms with Crippen molar-refractivity contribution in [1.82, 2.24) is 9.78 Å². The lowest BCUT2D eigenvalue weighted by atomic mass is 9.69. The van der Waals surface area contributed by atoms with Crippen LogP contribution >= 0.6 is 0 Å². The fourth-order valence-electron chi connectivity index (χ4n) is 3.27. The summed E-state index contributed by atoms with van der Waals surface area (Å²) in [4.78, 5) is 0. The first-order chi connectivity index (χ1) is 9.15. The number of rotatable bonds is 5. The Kier molecular flexibility index (Phi) is 4.63. The molecule has 108 valence electrons. The summed E-state index contributed by atoms with van der Waals surface area (Å²) in [7, 11) is 0. The van der Waals surface area contributed by atoms with E-state index in [-0.39, 0.29) is 11.5 Å². The summed E-state index contributed by atoms with van der Waals surface area (Å²) in [5, 5.41) is 15.0. The van der Waals surface area contributed by atoms with Crippen LogP contribution in [0.25, 0.3) is 0 Å². The molecule has 0 aliphatic heterocycles. The molecule has 1 fully saturated rings. The average molecular weight is 265 g/mol. The fourth-order valence-corrected chi connectivity index (χ4v) is 3.27. The monoisotopic (exact) mass is 265 g/mol. The number of aromatic nitrogens is 2. The molecule has 0 bridgehead atoms. The highest BCUT2D eigenvalue weighted by atomic mass is 16.3. The maximum absolute atomic E-state index is 10.4. The van der Waals surface area contributed by atoms with Crippen LogP contribution in [0, 0.1) is 5.41 Å². The highest BCUT2D eigenvalue weighted by Gasteiger charge is 2.39. The van der Waals surface area contributed by atoms with Gasteiger partial charge in [0, 0.05) is 24.2 Å². The van der Waals surface area contributed by atoms with Gasteiger partial charge in [-0.2, -0.15) is 5.10 Å². The molecular weight excluding hydrogens is 238 g/mol. The van der Waals surface area contributed by atoms with Crippen LogP contribution in [0.1, 0.15) is 50.9 Å². The van der Waals surface area contributed by atoms with E-state index in [1.165, 1.54) is 12.1 Å². The third-order valence-electron chi connectivity index (χ3n) is 4.62. The molecule has 2 unspecified atom stereocenters. The Hall–Kier alpha value is -0.870. The van der Waals surface area contributed by atoms with E-state index in [1.807, 2.05) is 0 Å². The lowest BCUT2D eigenvalue weighted by molar-refractivity contribution is -0.00705. The zero-order chi connectivity index (χ0) is 13.9. The van der Waals surface area contributed by atoms with Crippen molar-refractivity contribution in [1.29, 1.82) is 0 Å². The fraction of sp³-hybridized carbons (Fsp3) is 0.800. The van der Waals surface area contributed by atoms with Crippen LogP contribution in [0.5, 0.6) is 0 Å². The van der Waals surface area contributed by atoms with Crippen LogP contribution in [-0.2, 0) is 19.4 Å². The van der Waals surface area contributed by atoms with Crippen LogP contribution in [0.4, 0.5) is 0 Å². The summed E-state index contributed by atoms with van der Waals surface area (Å²) in [6.45, 7) is 5.68. The Morgan fingerprint density at radius 1 is 1.47 bits per heavy atom. The predicted molar refractivity (Wildman–Crippen MR) is 76.9 cm³/mol. The highest BCUT2D eigenvalue weighted by molar-refractivity contribution is 5.14. The SMILES string of the molecule is CCc1cc(CC2(CN)CCCCC2O)n(CC)n1. The first kappa shape index (κ1) is 14.5. The first-order valence-corrected chi connectivity index (χ1v) is 7.59. The van der Waals surface area contributed by atoms with E-state index in [2.05, 4.69) is 29.7 Å². The second-order valence-corrected chi connectivity index (χ2v) is 5.80. The zero-order valence-corrected chi connectivity index (χ0v) is 12.2. The highest BCUT2D eigenvalue weighted by Crippen LogP contribution is 2.38. The molecule has 1 aliphatic rings.